The van der Waals surface area contributed by atoms with Gasteiger partial charge in [0.05, 0.1) is 13.2 Å². The molecule has 2 saturated heterocycles. The molecule has 19 heavy (non-hydrogen) atoms. The Labute approximate surface area is 120 Å². The number of nitrogens with zero attached hydrogens (tertiary/aromatic N) is 1. The predicted octanol–water partition coefficient (Wildman–Crippen LogP) is 3.14. The van der Waals surface area contributed by atoms with Gasteiger partial charge < -0.3 is 9.47 Å². The maximum absolute atomic E-state index is 5.75. The average molecular weight is 281 g/mol. The Balaban J connectivity index is 1.36. The van der Waals surface area contributed by atoms with Crippen molar-refractivity contribution in [1.82, 2.24) is 4.31 Å². The van der Waals surface area contributed by atoms with Crippen molar-refractivity contribution in [3.05, 3.63) is 23.8 Å². The summed E-state index contributed by atoms with van der Waals surface area (Å²) in [5.74, 6) is 0.974. The summed E-state index contributed by atoms with van der Waals surface area (Å²) >= 11 is 1.99. The van der Waals surface area contributed by atoms with Crippen LogP contribution in [0.4, 0.5) is 0 Å². The van der Waals surface area contributed by atoms with E-state index in [0.29, 0.717) is 0 Å². The van der Waals surface area contributed by atoms with Crippen molar-refractivity contribution in [3.8, 4) is 0 Å². The lowest BCUT2D eigenvalue weighted by molar-refractivity contribution is -0.178. The van der Waals surface area contributed by atoms with Crippen LogP contribution < -0.4 is 0 Å². The fourth-order valence-electron chi connectivity index (χ4n) is 2.91. The van der Waals surface area contributed by atoms with Crippen LogP contribution in [-0.2, 0) is 9.47 Å². The molecule has 2 heterocycles. The van der Waals surface area contributed by atoms with Crippen molar-refractivity contribution in [2.24, 2.45) is 0 Å². The molecule has 0 unspecified atom stereocenters. The highest BCUT2D eigenvalue weighted by atomic mass is 32.2. The van der Waals surface area contributed by atoms with Gasteiger partial charge in [-0.05, 0) is 19.3 Å². The molecule has 2 fully saturated rings. The van der Waals surface area contributed by atoms with Gasteiger partial charge in [0.25, 0.3) is 0 Å². The molecule has 0 N–H and O–H groups in total. The molecule has 0 saturated carbocycles. The van der Waals surface area contributed by atoms with Crippen LogP contribution >= 0.6 is 11.9 Å². The minimum absolute atomic E-state index is 0.228. The summed E-state index contributed by atoms with van der Waals surface area (Å²) in [5.41, 5.74) is 1.60. The largest absolute Gasteiger partial charge is 0.347 e. The second kappa shape index (κ2) is 6.44. The molecule has 3 rings (SSSR count). The molecular weight excluding hydrogens is 258 g/mol. The van der Waals surface area contributed by atoms with E-state index in [4.69, 9.17) is 9.47 Å². The maximum atomic E-state index is 5.75. The number of rotatable bonds is 4. The molecule has 1 aliphatic carbocycles. The molecule has 0 amide bonds. The van der Waals surface area contributed by atoms with Crippen LogP contribution in [-0.4, -0.2) is 42.1 Å². The lowest BCUT2D eigenvalue weighted by atomic mass is 10.0. The predicted molar refractivity (Wildman–Crippen MR) is 79.0 cm³/mol. The van der Waals surface area contributed by atoms with Crippen LogP contribution in [0.25, 0.3) is 0 Å². The van der Waals surface area contributed by atoms with E-state index < -0.39 is 0 Å². The highest BCUT2D eigenvalue weighted by molar-refractivity contribution is 7.97. The highest BCUT2D eigenvalue weighted by Crippen LogP contribution is 2.33. The van der Waals surface area contributed by atoms with E-state index in [9.17, 15) is 0 Å². The van der Waals surface area contributed by atoms with E-state index in [1.165, 1.54) is 25.0 Å². The first-order chi connectivity index (χ1) is 9.36. The molecule has 0 bridgehead atoms. The monoisotopic (exact) mass is 281 g/mol. The molecule has 0 radical (unpaired) electrons. The molecule has 2 aliphatic heterocycles. The molecular formula is C15H23NO2S. The van der Waals surface area contributed by atoms with Gasteiger partial charge >= 0.3 is 0 Å². The van der Waals surface area contributed by atoms with Crippen LogP contribution in [0.1, 0.15) is 32.1 Å². The van der Waals surface area contributed by atoms with Gasteiger partial charge in [0.15, 0.2) is 5.79 Å². The summed E-state index contributed by atoms with van der Waals surface area (Å²) in [6.45, 7) is 3.72. The van der Waals surface area contributed by atoms with Gasteiger partial charge in [-0.3, -0.25) is 4.31 Å². The first-order valence-electron chi connectivity index (χ1n) is 7.37. The topological polar surface area (TPSA) is 21.7 Å². The molecule has 4 heteroatoms. The summed E-state index contributed by atoms with van der Waals surface area (Å²) in [5, 5.41) is 0. The van der Waals surface area contributed by atoms with Crippen LogP contribution in [0.15, 0.2) is 23.8 Å². The zero-order valence-electron chi connectivity index (χ0n) is 11.5. The van der Waals surface area contributed by atoms with Crippen molar-refractivity contribution in [1.29, 1.82) is 0 Å². The van der Waals surface area contributed by atoms with E-state index >= 15 is 0 Å². The van der Waals surface area contributed by atoms with Crippen molar-refractivity contribution in [3.63, 3.8) is 0 Å². The van der Waals surface area contributed by atoms with Gasteiger partial charge in [-0.1, -0.05) is 35.7 Å². The first kappa shape index (κ1) is 13.7. The van der Waals surface area contributed by atoms with Crippen molar-refractivity contribution < 1.29 is 9.47 Å². The molecule has 106 valence electrons. The molecule has 0 atom stereocenters. The van der Waals surface area contributed by atoms with E-state index in [-0.39, 0.29) is 5.79 Å². The van der Waals surface area contributed by atoms with E-state index in [1.807, 2.05) is 11.9 Å². The number of hydrogen-bond acceptors (Lipinski definition) is 4. The molecule has 3 aliphatic rings. The molecule has 0 aromatic heterocycles. The van der Waals surface area contributed by atoms with Crippen LogP contribution in [0, 0.1) is 0 Å². The van der Waals surface area contributed by atoms with Crippen molar-refractivity contribution >= 4 is 11.9 Å². The smallest absolute Gasteiger partial charge is 0.171 e. The lowest BCUT2D eigenvalue weighted by Gasteiger charge is -2.36. The maximum Gasteiger partial charge on any atom is 0.171 e. The van der Waals surface area contributed by atoms with Gasteiger partial charge in [0.1, 0.15) is 0 Å². The van der Waals surface area contributed by atoms with Gasteiger partial charge in [0.2, 0.25) is 0 Å². The normalized spacial score (nSPS) is 26.8. The standard InChI is InChI=1S/C15H23NO2S/c1-2-4-14(5-3-1)6-13-19-16-9-7-15(8-10-16)17-11-12-18-15/h1-2,4H,3,5-13H2. The Morgan fingerprint density at radius 3 is 2.68 bits per heavy atom. The number of piperidine rings is 1. The van der Waals surface area contributed by atoms with Crippen LogP contribution in [0.5, 0.6) is 0 Å². The molecule has 0 aromatic carbocycles. The molecule has 3 nitrogen and oxygen atoms in total. The summed E-state index contributed by atoms with van der Waals surface area (Å²) in [7, 11) is 0. The zero-order chi connectivity index (χ0) is 13.0. The number of allylic oxidation sites excluding steroid dienone is 4. The van der Waals surface area contributed by atoms with Gasteiger partial charge in [0, 0.05) is 31.7 Å². The summed E-state index contributed by atoms with van der Waals surface area (Å²) in [6, 6.07) is 0. The third-order valence-corrected chi connectivity index (χ3v) is 5.21. The molecule has 0 aromatic rings. The van der Waals surface area contributed by atoms with Gasteiger partial charge in [-0.25, -0.2) is 0 Å². The SMILES string of the molecule is C1=CCCC(CCSN2CCC3(CC2)OCCO3)=C1. The van der Waals surface area contributed by atoms with Gasteiger partial charge in [-0.2, -0.15) is 0 Å². The second-order valence-corrected chi connectivity index (χ2v) is 6.59. The zero-order valence-corrected chi connectivity index (χ0v) is 12.3. The van der Waals surface area contributed by atoms with Crippen LogP contribution in [0.2, 0.25) is 0 Å². The second-order valence-electron chi connectivity index (χ2n) is 5.41. The lowest BCUT2D eigenvalue weighted by Crippen LogP contribution is -2.42. The third-order valence-electron chi connectivity index (χ3n) is 4.09. The Hall–Kier alpha value is -0.290. The van der Waals surface area contributed by atoms with E-state index in [1.54, 1.807) is 5.57 Å². The Morgan fingerprint density at radius 2 is 2.00 bits per heavy atom. The Bertz CT molecular complexity index is 351. The minimum atomic E-state index is -0.228. The third kappa shape index (κ3) is 3.63. The quantitative estimate of drug-likeness (QED) is 0.738. The molecule has 1 spiro atoms. The highest BCUT2D eigenvalue weighted by Gasteiger charge is 2.39. The van der Waals surface area contributed by atoms with E-state index in [0.717, 1.165) is 39.1 Å². The number of hydrogen-bond donors (Lipinski definition) is 0. The van der Waals surface area contributed by atoms with Crippen molar-refractivity contribution in [2.45, 2.75) is 37.9 Å². The minimum Gasteiger partial charge on any atom is -0.347 e. The Morgan fingerprint density at radius 1 is 1.21 bits per heavy atom. The van der Waals surface area contributed by atoms with Gasteiger partial charge in [-0.15, -0.1) is 0 Å². The summed E-state index contributed by atoms with van der Waals surface area (Å²) in [4.78, 5) is 0. The Kier molecular flexibility index (Phi) is 4.64. The fourth-order valence-corrected chi connectivity index (χ4v) is 3.96. The first-order valence-corrected chi connectivity index (χ1v) is 8.31. The summed E-state index contributed by atoms with van der Waals surface area (Å²) in [6.07, 6.45) is 12.5. The van der Waals surface area contributed by atoms with E-state index in [2.05, 4.69) is 22.5 Å². The number of ether oxygens (including phenoxy) is 2. The fraction of sp³-hybridized carbons (Fsp3) is 0.733. The average Bonchev–Trinajstić information content (AvgIpc) is 2.91. The van der Waals surface area contributed by atoms with Crippen LogP contribution in [0.3, 0.4) is 0 Å². The van der Waals surface area contributed by atoms with Crippen molar-refractivity contribution in [2.75, 3.05) is 32.1 Å². The summed E-state index contributed by atoms with van der Waals surface area (Å²) < 4.78 is 14.0.